The Balaban J connectivity index is 1.52. The van der Waals surface area contributed by atoms with Crippen molar-refractivity contribution in [2.24, 2.45) is 4.99 Å². The van der Waals surface area contributed by atoms with Crippen LogP contribution in [0.2, 0.25) is 5.02 Å². The van der Waals surface area contributed by atoms with Crippen molar-refractivity contribution in [2.75, 3.05) is 0 Å². The number of carbonyl (C=O) groups is 2. The number of aryl methyl sites for hydroxylation is 1. The van der Waals surface area contributed by atoms with Crippen LogP contribution in [0.4, 0.5) is 0 Å². The number of amidine groups is 1. The second-order valence-corrected chi connectivity index (χ2v) is 9.63. The zero-order chi connectivity index (χ0) is 23.4. The predicted octanol–water partition coefficient (Wildman–Crippen LogP) is 6.39. The summed E-state index contributed by atoms with van der Waals surface area (Å²) in [6, 6.07) is 20.1. The van der Waals surface area contributed by atoms with E-state index in [1.807, 2.05) is 49.4 Å². The Hall–Kier alpha value is -2.87. The van der Waals surface area contributed by atoms with Crippen molar-refractivity contribution in [1.82, 2.24) is 5.32 Å². The number of halogens is 2. The smallest absolute Gasteiger partial charge is 0.279 e. The maximum absolute atomic E-state index is 12.5. The topological polar surface area (TPSA) is 67.8 Å². The van der Waals surface area contributed by atoms with Gasteiger partial charge in [-0.3, -0.25) is 9.59 Å². The molecule has 0 unspecified atom stereocenters. The minimum Gasteiger partial charge on any atom is -0.488 e. The molecule has 0 bridgehead atoms. The fraction of sp³-hybridized carbons (Fsp3) is 0.0800. The number of hydrogen-bond donors (Lipinski definition) is 1. The molecule has 0 aromatic heterocycles. The summed E-state index contributed by atoms with van der Waals surface area (Å²) in [6.07, 6.45) is 1.73. The van der Waals surface area contributed by atoms with Gasteiger partial charge in [-0.25, -0.2) is 0 Å². The van der Waals surface area contributed by atoms with Crippen molar-refractivity contribution in [3.05, 3.63) is 103 Å². The summed E-state index contributed by atoms with van der Waals surface area (Å²) in [7, 11) is 0. The Morgan fingerprint density at radius 1 is 1.12 bits per heavy atom. The van der Waals surface area contributed by atoms with E-state index in [0.717, 1.165) is 27.4 Å². The molecule has 1 saturated heterocycles. The van der Waals surface area contributed by atoms with E-state index in [4.69, 9.17) is 16.3 Å². The molecule has 0 saturated carbocycles. The molecule has 1 fully saturated rings. The zero-order valence-electron chi connectivity index (χ0n) is 17.5. The van der Waals surface area contributed by atoms with Gasteiger partial charge in [0.2, 0.25) is 0 Å². The zero-order valence-corrected chi connectivity index (χ0v) is 20.6. The highest BCUT2D eigenvalue weighted by Crippen LogP contribution is 2.31. The van der Waals surface area contributed by atoms with Crippen LogP contribution in [0.25, 0.3) is 6.08 Å². The number of carbonyl (C=O) groups excluding carboxylic acids is 2. The number of benzene rings is 3. The van der Waals surface area contributed by atoms with Crippen LogP contribution in [0, 0.1) is 6.92 Å². The average Bonchev–Trinajstić information content (AvgIpc) is 3.13. The molecule has 166 valence electrons. The number of rotatable bonds is 5. The fourth-order valence-corrected chi connectivity index (χ4v) is 4.29. The van der Waals surface area contributed by atoms with Gasteiger partial charge in [0.25, 0.3) is 11.8 Å². The van der Waals surface area contributed by atoms with Gasteiger partial charge in [-0.1, -0.05) is 57.4 Å². The number of nitrogens with one attached hydrogen (secondary N) is 1. The van der Waals surface area contributed by atoms with Crippen molar-refractivity contribution in [1.29, 1.82) is 0 Å². The molecule has 33 heavy (non-hydrogen) atoms. The van der Waals surface area contributed by atoms with E-state index in [1.165, 1.54) is 5.56 Å². The van der Waals surface area contributed by atoms with Crippen molar-refractivity contribution < 1.29 is 14.3 Å². The first kappa shape index (κ1) is 23.3. The Bertz CT molecular complexity index is 1270. The molecule has 8 heteroatoms. The first-order valence-electron chi connectivity index (χ1n) is 9.95. The van der Waals surface area contributed by atoms with Crippen LogP contribution in [-0.4, -0.2) is 17.0 Å². The van der Waals surface area contributed by atoms with E-state index in [0.29, 0.717) is 27.8 Å². The molecule has 0 aliphatic carbocycles. The Kier molecular flexibility index (Phi) is 7.33. The molecule has 1 aliphatic rings. The summed E-state index contributed by atoms with van der Waals surface area (Å²) in [5.74, 6) is -0.144. The van der Waals surface area contributed by atoms with Crippen molar-refractivity contribution in [3.8, 4) is 5.75 Å². The Morgan fingerprint density at radius 2 is 1.85 bits per heavy atom. The van der Waals surface area contributed by atoms with Crippen LogP contribution in [0.15, 0.2) is 81.1 Å². The second kappa shape index (κ2) is 10.4. The van der Waals surface area contributed by atoms with Gasteiger partial charge < -0.3 is 10.1 Å². The number of ether oxygens (including phenoxy) is 1. The monoisotopic (exact) mass is 540 g/mol. The van der Waals surface area contributed by atoms with Gasteiger partial charge in [-0.2, -0.15) is 4.99 Å². The summed E-state index contributed by atoms with van der Waals surface area (Å²) >= 11 is 10.4. The van der Waals surface area contributed by atoms with Gasteiger partial charge in [0.15, 0.2) is 5.17 Å². The van der Waals surface area contributed by atoms with E-state index < -0.39 is 5.91 Å². The van der Waals surface area contributed by atoms with Crippen molar-refractivity contribution in [3.63, 3.8) is 0 Å². The van der Waals surface area contributed by atoms with Gasteiger partial charge in [0.05, 0.1) is 4.91 Å². The van der Waals surface area contributed by atoms with Crippen LogP contribution < -0.4 is 10.1 Å². The highest BCUT2D eigenvalue weighted by atomic mass is 79.9. The average molecular weight is 542 g/mol. The lowest BCUT2D eigenvalue weighted by atomic mass is 10.1. The molecule has 0 radical (unpaired) electrons. The number of aliphatic imine (C=N–C) groups is 1. The third-order valence-corrected chi connectivity index (χ3v) is 6.37. The molecule has 5 nitrogen and oxygen atoms in total. The lowest BCUT2D eigenvalue weighted by Gasteiger charge is -2.10. The largest absolute Gasteiger partial charge is 0.488 e. The number of hydrogen-bond acceptors (Lipinski definition) is 4. The van der Waals surface area contributed by atoms with Crippen LogP contribution in [0.1, 0.15) is 27.0 Å². The van der Waals surface area contributed by atoms with E-state index in [1.54, 1.807) is 30.3 Å². The maximum Gasteiger partial charge on any atom is 0.279 e. The van der Waals surface area contributed by atoms with Crippen molar-refractivity contribution >= 4 is 62.4 Å². The predicted molar refractivity (Wildman–Crippen MR) is 137 cm³/mol. The number of thioether (sulfide) groups is 1. The molecule has 4 rings (SSSR count). The quantitative estimate of drug-likeness (QED) is 0.380. The molecular formula is C25H18BrClN2O3S. The Labute approximate surface area is 209 Å². The van der Waals surface area contributed by atoms with Crippen LogP contribution >= 0.6 is 39.3 Å². The highest BCUT2D eigenvalue weighted by Gasteiger charge is 2.25. The minimum absolute atomic E-state index is 0.225. The van der Waals surface area contributed by atoms with Gasteiger partial charge >= 0.3 is 0 Å². The number of nitrogens with zero attached hydrogens (tertiary/aromatic N) is 1. The summed E-state index contributed by atoms with van der Waals surface area (Å²) in [5, 5.41) is 3.40. The SMILES string of the molecule is Cc1ccc(COc2ccc(Br)cc2/C=C2\SC(=NC(=O)c3ccc(Cl)cc3)NC2=O)cc1. The van der Waals surface area contributed by atoms with Crippen molar-refractivity contribution in [2.45, 2.75) is 13.5 Å². The van der Waals surface area contributed by atoms with Crippen LogP contribution in [-0.2, 0) is 11.4 Å². The Morgan fingerprint density at radius 3 is 2.58 bits per heavy atom. The molecule has 3 aromatic carbocycles. The lowest BCUT2D eigenvalue weighted by molar-refractivity contribution is -0.115. The molecule has 0 spiro atoms. The van der Waals surface area contributed by atoms with Crippen LogP contribution in [0.3, 0.4) is 0 Å². The lowest BCUT2D eigenvalue weighted by Crippen LogP contribution is -2.20. The summed E-state index contributed by atoms with van der Waals surface area (Å²) in [4.78, 5) is 29.3. The third-order valence-electron chi connectivity index (χ3n) is 4.72. The minimum atomic E-state index is -0.458. The summed E-state index contributed by atoms with van der Waals surface area (Å²) < 4.78 is 6.87. The molecule has 1 aliphatic heterocycles. The third kappa shape index (κ3) is 6.13. The second-order valence-electron chi connectivity index (χ2n) is 7.25. The fourth-order valence-electron chi connectivity index (χ4n) is 2.98. The molecule has 1 N–H and O–H groups in total. The standard InChI is InChI=1S/C25H18BrClN2O3S/c1-15-2-4-16(5-3-15)14-32-21-11-8-19(26)12-18(21)13-22-24(31)29-25(33-22)28-23(30)17-6-9-20(27)10-7-17/h2-13H,14H2,1H3,(H,28,29,30,31)/b22-13-. The summed E-state index contributed by atoms with van der Waals surface area (Å²) in [6.45, 7) is 2.44. The van der Waals surface area contributed by atoms with E-state index in [-0.39, 0.29) is 11.1 Å². The normalized spacial score (nSPS) is 15.7. The van der Waals surface area contributed by atoms with E-state index in [2.05, 4.69) is 26.2 Å². The first-order valence-corrected chi connectivity index (χ1v) is 11.9. The van der Waals surface area contributed by atoms with E-state index >= 15 is 0 Å². The van der Waals surface area contributed by atoms with Gasteiger partial charge in [0, 0.05) is 20.6 Å². The number of amides is 2. The molecular weight excluding hydrogens is 524 g/mol. The van der Waals surface area contributed by atoms with E-state index in [9.17, 15) is 9.59 Å². The first-order chi connectivity index (χ1) is 15.9. The molecule has 2 amide bonds. The van der Waals surface area contributed by atoms with Crippen LogP contribution in [0.5, 0.6) is 5.75 Å². The van der Waals surface area contributed by atoms with Gasteiger partial charge in [-0.05, 0) is 72.8 Å². The molecule has 1 heterocycles. The molecule has 0 atom stereocenters. The molecule has 3 aromatic rings. The van der Waals surface area contributed by atoms with Gasteiger partial charge in [0.1, 0.15) is 12.4 Å². The highest BCUT2D eigenvalue weighted by molar-refractivity contribution is 9.10. The maximum atomic E-state index is 12.5. The summed E-state index contributed by atoms with van der Waals surface area (Å²) in [5.41, 5.74) is 3.35. The van der Waals surface area contributed by atoms with Gasteiger partial charge in [-0.15, -0.1) is 0 Å².